The molecular formula is C16H29NO3S. The number of aryl methyl sites for hydroxylation is 1. The van der Waals surface area contributed by atoms with Crippen molar-refractivity contribution in [3.63, 3.8) is 0 Å². The van der Waals surface area contributed by atoms with Crippen LogP contribution < -0.4 is 0 Å². The van der Waals surface area contributed by atoms with E-state index in [0.29, 0.717) is 13.2 Å². The highest BCUT2D eigenvalue weighted by Crippen LogP contribution is 2.17. The minimum atomic E-state index is -0.448. The molecule has 0 radical (unpaired) electrons. The summed E-state index contributed by atoms with van der Waals surface area (Å²) in [6.07, 6.45) is 0.677. The molecule has 0 saturated heterocycles. The summed E-state index contributed by atoms with van der Waals surface area (Å²) >= 11 is 1.81. The van der Waals surface area contributed by atoms with Gasteiger partial charge in [0, 0.05) is 43.1 Å². The van der Waals surface area contributed by atoms with Crippen molar-refractivity contribution in [1.82, 2.24) is 4.90 Å². The van der Waals surface area contributed by atoms with E-state index in [0.717, 1.165) is 26.1 Å². The monoisotopic (exact) mass is 315 g/mol. The summed E-state index contributed by atoms with van der Waals surface area (Å²) in [4.78, 5) is 4.94. The average Bonchev–Trinajstić information content (AvgIpc) is 2.82. The molecule has 0 amide bonds. The van der Waals surface area contributed by atoms with Gasteiger partial charge in [0.15, 0.2) is 0 Å². The van der Waals surface area contributed by atoms with E-state index in [2.05, 4.69) is 24.0 Å². The van der Waals surface area contributed by atoms with E-state index >= 15 is 0 Å². The Morgan fingerprint density at radius 2 is 2.10 bits per heavy atom. The smallest absolute Gasteiger partial charge is 0.0900 e. The summed E-state index contributed by atoms with van der Waals surface area (Å²) in [5.74, 6) is 0. The first-order chi connectivity index (χ1) is 10.0. The molecule has 1 atom stereocenters. The SMILES string of the molecule is COCCCN(Cc1ccc(C)s1)C[C@H](O)COC(C)C. The van der Waals surface area contributed by atoms with Crippen LogP contribution in [-0.2, 0) is 16.0 Å². The molecule has 1 aromatic rings. The van der Waals surface area contributed by atoms with Gasteiger partial charge < -0.3 is 14.6 Å². The lowest BCUT2D eigenvalue weighted by atomic mass is 10.3. The minimum Gasteiger partial charge on any atom is -0.389 e. The maximum Gasteiger partial charge on any atom is 0.0900 e. The highest BCUT2D eigenvalue weighted by Gasteiger charge is 2.14. The first-order valence-electron chi connectivity index (χ1n) is 7.57. The van der Waals surface area contributed by atoms with Crippen molar-refractivity contribution < 1.29 is 14.6 Å². The molecule has 0 aromatic carbocycles. The number of hydrogen-bond acceptors (Lipinski definition) is 5. The molecule has 0 aliphatic heterocycles. The van der Waals surface area contributed by atoms with Crippen molar-refractivity contribution in [1.29, 1.82) is 0 Å². The Labute approximate surface area is 132 Å². The summed E-state index contributed by atoms with van der Waals surface area (Å²) in [5, 5.41) is 10.1. The maximum absolute atomic E-state index is 10.1. The van der Waals surface area contributed by atoms with Crippen molar-refractivity contribution in [2.45, 2.75) is 45.9 Å². The first kappa shape index (κ1) is 18.6. The van der Waals surface area contributed by atoms with Gasteiger partial charge in [0.2, 0.25) is 0 Å². The second-order valence-corrected chi connectivity index (χ2v) is 7.00. The van der Waals surface area contributed by atoms with Crippen LogP contribution in [0.1, 0.15) is 30.0 Å². The quantitative estimate of drug-likeness (QED) is 0.638. The largest absolute Gasteiger partial charge is 0.389 e. The highest BCUT2D eigenvalue weighted by molar-refractivity contribution is 7.11. The zero-order chi connectivity index (χ0) is 15.7. The van der Waals surface area contributed by atoms with Gasteiger partial charge >= 0.3 is 0 Å². The number of aliphatic hydroxyl groups is 1. The number of thiophene rings is 1. The summed E-state index contributed by atoms with van der Waals surface area (Å²) in [6.45, 7) is 9.65. The van der Waals surface area contributed by atoms with Crippen molar-refractivity contribution >= 4 is 11.3 Å². The summed E-state index contributed by atoms with van der Waals surface area (Å²) in [7, 11) is 1.72. The molecule has 1 heterocycles. The van der Waals surface area contributed by atoms with Crippen molar-refractivity contribution in [3.05, 3.63) is 21.9 Å². The van der Waals surface area contributed by atoms with Crippen LogP contribution in [0.4, 0.5) is 0 Å². The highest BCUT2D eigenvalue weighted by atomic mass is 32.1. The fraction of sp³-hybridized carbons (Fsp3) is 0.750. The molecule has 1 rings (SSSR count). The first-order valence-corrected chi connectivity index (χ1v) is 8.39. The third-order valence-electron chi connectivity index (χ3n) is 3.09. The number of ether oxygens (including phenoxy) is 2. The molecule has 4 nitrogen and oxygen atoms in total. The van der Waals surface area contributed by atoms with Gasteiger partial charge in [-0.2, -0.15) is 0 Å². The Morgan fingerprint density at radius 1 is 1.33 bits per heavy atom. The van der Waals surface area contributed by atoms with Crippen LogP contribution in [0.3, 0.4) is 0 Å². The second-order valence-electron chi connectivity index (χ2n) is 5.63. The van der Waals surface area contributed by atoms with E-state index in [1.54, 1.807) is 7.11 Å². The van der Waals surface area contributed by atoms with Gasteiger partial charge in [0.1, 0.15) is 0 Å². The van der Waals surface area contributed by atoms with Gasteiger partial charge in [0.25, 0.3) is 0 Å². The number of hydrogen-bond donors (Lipinski definition) is 1. The molecule has 1 aromatic heterocycles. The number of methoxy groups -OCH3 is 1. The normalized spacial score (nSPS) is 13.3. The number of rotatable bonds is 11. The lowest BCUT2D eigenvalue weighted by Crippen LogP contribution is -2.36. The molecule has 0 unspecified atom stereocenters. The standard InChI is InChI=1S/C16H29NO3S/c1-13(2)20-12-15(18)10-17(8-5-9-19-4)11-16-7-6-14(3)21-16/h6-7,13,15,18H,5,8-12H2,1-4H3/t15-/m0/s1. The summed E-state index contributed by atoms with van der Waals surface area (Å²) in [5.41, 5.74) is 0. The maximum atomic E-state index is 10.1. The Morgan fingerprint density at radius 3 is 2.67 bits per heavy atom. The van der Waals surface area contributed by atoms with Crippen LogP contribution in [0.25, 0.3) is 0 Å². The van der Waals surface area contributed by atoms with Crippen LogP contribution in [0, 0.1) is 6.92 Å². The molecule has 0 bridgehead atoms. The topological polar surface area (TPSA) is 41.9 Å². The molecule has 122 valence electrons. The second kappa shape index (κ2) is 10.3. The Hall–Kier alpha value is -0.460. The predicted octanol–water partition coefficient (Wildman–Crippen LogP) is 2.68. The Bertz CT molecular complexity index is 381. The van der Waals surface area contributed by atoms with Gasteiger partial charge in [-0.3, -0.25) is 4.90 Å². The molecular weight excluding hydrogens is 286 g/mol. The van der Waals surface area contributed by atoms with E-state index in [4.69, 9.17) is 9.47 Å². The van der Waals surface area contributed by atoms with E-state index in [1.165, 1.54) is 9.75 Å². The molecule has 0 aliphatic rings. The molecule has 21 heavy (non-hydrogen) atoms. The van der Waals surface area contributed by atoms with Gasteiger partial charge in [-0.15, -0.1) is 11.3 Å². The van der Waals surface area contributed by atoms with E-state index < -0.39 is 6.10 Å². The summed E-state index contributed by atoms with van der Waals surface area (Å²) < 4.78 is 10.6. The summed E-state index contributed by atoms with van der Waals surface area (Å²) in [6, 6.07) is 4.31. The van der Waals surface area contributed by atoms with Gasteiger partial charge in [-0.25, -0.2) is 0 Å². The molecule has 0 spiro atoms. The molecule has 0 aliphatic carbocycles. The number of nitrogens with zero attached hydrogens (tertiary/aromatic N) is 1. The van der Waals surface area contributed by atoms with Gasteiger partial charge in [0.05, 0.1) is 18.8 Å². The Kier molecular flexibility index (Phi) is 9.11. The molecule has 0 fully saturated rings. The minimum absolute atomic E-state index is 0.154. The van der Waals surface area contributed by atoms with Crippen LogP contribution >= 0.6 is 11.3 Å². The molecule has 5 heteroatoms. The molecule has 1 N–H and O–H groups in total. The van der Waals surface area contributed by atoms with Crippen LogP contribution in [0.5, 0.6) is 0 Å². The predicted molar refractivity (Wildman–Crippen MR) is 87.9 cm³/mol. The van der Waals surface area contributed by atoms with Crippen LogP contribution in [-0.4, -0.2) is 55.6 Å². The van der Waals surface area contributed by atoms with Crippen molar-refractivity contribution in [2.75, 3.05) is 33.4 Å². The lowest BCUT2D eigenvalue weighted by Gasteiger charge is -2.25. The third kappa shape index (κ3) is 8.53. The number of aliphatic hydroxyl groups excluding tert-OH is 1. The van der Waals surface area contributed by atoms with Crippen LogP contribution in [0.2, 0.25) is 0 Å². The zero-order valence-corrected chi connectivity index (χ0v) is 14.5. The third-order valence-corrected chi connectivity index (χ3v) is 4.07. The molecule has 0 saturated carbocycles. The Balaban J connectivity index is 2.46. The van der Waals surface area contributed by atoms with E-state index in [1.807, 2.05) is 25.2 Å². The zero-order valence-electron chi connectivity index (χ0n) is 13.7. The average molecular weight is 315 g/mol. The fourth-order valence-corrected chi connectivity index (χ4v) is 3.05. The van der Waals surface area contributed by atoms with Gasteiger partial charge in [-0.05, 0) is 39.3 Å². The fourth-order valence-electron chi connectivity index (χ4n) is 2.11. The van der Waals surface area contributed by atoms with E-state index in [-0.39, 0.29) is 6.10 Å². The van der Waals surface area contributed by atoms with Gasteiger partial charge in [-0.1, -0.05) is 0 Å². The van der Waals surface area contributed by atoms with Crippen molar-refractivity contribution in [3.8, 4) is 0 Å². The van der Waals surface area contributed by atoms with Crippen molar-refractivity contribution in [2.24, 2.45) is 0 Å². The van der Waals surface area contributed by atoms with E-state index in [9.17, 15) is 5.11 Å². The lowest BCUT2D eigenvalue weighted by molar-refractivity contribution is -0.0102. The van der Waals surface area contributed by atoms with Crippen LogP contribution in [0.15, 0.2) is 12.1 Å².